The smallest absolute Gasteiger partial charge is 0.315 e. The molecule has 0 radical (unpaired) electrons. The summed E-state index contributed by atoms with van der Waals surface area (Å²) in [6.07, 6.45) is 7.25. The molecule has 1 saturated carbocycles. The molecular weight excluding hydrogens is 438 g/mol. The maximum atomic E-state index is 13.2. The molecule has 0 spiro atoms. The van der Waals surface area contributed by atoms with Gasteiger partial charge in [-0.2, -0.15) is 5.10 Å². The first-order valence-electron chi connectivity index (χ1n) is 12.1. The van der Waals surface area contributed by atoms with Crippen LogP contribution in [0.4, 0.5) is 4.79 Å². The van der Waals surface area contributed by atoms with Crippen LogP contribution in [0, 0.1) is 13.8 Å². The third kappa shape index (κ3) is 5.88. The largest absolute Gasteiger partial charge is 0.338 e. The number of hydrogen-bond acceptors (Lipinski definition) is 3. The van der Waals surface area contributed by atoms with Crippen molar-refractivity contribution >= 4 is 23.5 Å². The lowest BCUT2D eigenvalue weighted by molar-refractivity contribution is 0.0707. The van der Waals surface area contributed by atoms with E-state index in [1.54, 1.807) is 4.68 Å². The lowest BCUT2D eigenvalue weighted by Gasteiger charge is -2.33. The lowest BCUT2D eigenvalue weighted by atomic mass is 9.96. The zero-order valence-electron chi connectivity index (χ0n) is 19.6. The number of aryl methyl sites for hydroxylation is 2. The first-order valence-corrected chi connectivity index (χ1v) is 12.4. The molecule has 0 atom stereocenters. The van der Waals surface area contributed by atoms with Crippen LogP contribution in [-0.2, 0) is 6.54 Å². The monoisotopic (exact) mass is 471 g/mol. The van der Waals surface area contributed by atoms with Crippen LogP contribution in [0.2, 0.25) is 5.15 Å². The normalized spacial score (nSPS) is 17.7. The van der Waals surface area contributed by atoms with Crippen molar-refractivity contribution in [3.63, 3.8) is 0 Å². The number of nitrogens with one attached hydrogen (secondary N) is 2. The van der Waals surface area contributed by atoms with Crippen LogP contribution in [0.1, 0.15) is 72.1 Å². The number of likely N-dealkylation sites (tertiary alicyclic amines) is 1. The molecule has 0 bridgehead atoms. The molecule has 1 saturated heterocycles. The van der Waals surface area contributed by atoms with Crippen LogP contribution in [0.3, 0.4) is 0 Å². The average Bonchev–Trinajstić information content (AvgIpc) is 3.08. The third-order valence-corrected chi connectivity index (χ3v) is 7.17. The minimum atomic E-state index is -0.0854. The zero-order valence-corrected chi connectivity index (χ0v) is 20.3. The Morgan fingerprint density at radius 2 is 1.58 bits per heavy atom. The van der Waals surface area contributed by atoms with Gasteiger partial charge in [0.15, 0.2) is 0 Å². The van der Waals surface area contributed by atoms with E-state index in [9.17, 15) is 9.59 Å². The molecule has 2 heterocycles. The predicted molar refractivity (Wildman–Crippen MR) is 130 cm³/mol. The van der Waals surface area contributed by atoms with E-state index >= 15 is 0 Å². The Kier molecular flexibility index (Phi) is 7.58. The molecule has 4 rings (SSSR count). The number of piperidine rings is 1. The molecule has 1 aliphatic heterocycles. The van der Waals surface area contributed by atoms with E-state index in [4.69, 9.17) is 11.6 Å². The lowest BCUT2D eigenvalue weighted by Crippen LogP contribution is -2.51. The number of carbonyl (C=O) groups is 2. The van der Waals surface area contributed by atoms with Gasteiger partial charge >= 0.3 is 6.03 Å². The van der Waals surface area contributed by atoms with E-state index in [2.05, 4.69) is 27.9 Å². The average molecular weight is 472 g/mol. The maximum absolute atomic E-state index is 13.2. The van der Waals surface area contributed by atoms with Crippen molar-refractivity contribution in [2.75, 3.05) is 13.1 Å². The molecule has 2 fully saturated rings. The number of aromatic nitrogens is 2. The Morgan fingerprint density at radius 1 is 0.970 bits per heavy atom. The van der Waals surface area contributed by atoms with Crippen molar-refractivity contribution in [2.45, 2.75) is 77.4 Å². The van der Waals surface area contributed by atoms with Crippen molar-refractivity contribution in [1.29, 1.82) is 0 Å². The summed E-state index contributed by atoms with van der Waals surface area (Å²) in [5, 5.41) is 11.1. The fourth-order valence-corrected chi connectivity index (χ4v) is 5.13. The molecular formula is C25H34ClN5O2. The molecule has 178 valence electrons. The van der Waals surface area contributed by atoms with E-state index in [1.165, 1.54) is 24.8 Å². The van der Waals surface area contributed by atoms with Crippen molar-refractivity contribution in [3.05, 3.63) is 51.8 Å². The van der Waals surface area contributed by atoms with Gasteiger partial charge in [-0.05, 0) is 45.1 Å². The van der Waals surface area contributed by atoms with Gasteiger partial charge in [0, 0.05) is 25.2 Å². The Hall–Kier alpha value is -2.54. The van der Waals surface area contributed by atoms with Gasteiger partial charge in [-0.15, -0.1) is 0 Å². The maximum Gasteiger partial charge on any atom is 0.315 e. The highest BCUT2D eigenvalue weighted by Gasteiger charge is 2.29. The Bertz CT molecular complexity index is 973. The van der Waals surface area contributed by atoms with E-state index in [1.807, 2.05) is 30.9 Å². The van der Waals surface area contributed by atoms with Crippen LogP contribution in [0.15, 0.2) is 24.3 Å². The van der Waals surface area contributed by atoms with Gasteiger partial charge in [0.2, 0.25) is 0 Å². The van der Waals surface area contributed by atoms with Gasteiger partial charge in [0.1, 0.15) is 5.15 Å². The second kappa shape index (κ2) is 10.6. The molecule has 33 heavy (non-hydrogen) atoms. The quantitative estimate of drug-likeness (QED) is 0.676. The highest BCUT2D eigenvalue weighted by molar-refractivity contribution is 6.33. The highest BCUT2D eigenvalue weighted by atomic mass is 35.5. The van der Waals surface area contributed by atoms with E-state index in [0.29, 0.717) is 42.1 Å². The third-order valence-electron chi connectivity index (χ3n) is 6.79. The molecule has 2 aliphatic rings. The highest BCUT2D eigenvalue weighted by Crippen LogP contribution is 2.24. The van der Waals surface area contributed by atoms with Crippen LogP contribution in [0.5, 0.6) is 0 Å². The van der Waals surface area contributed by atoms with E-state index in [0.717, 1.165) is 31.2 Å². The number of nitrogens with zero attached hydrogens (tertiary/aromatic N) is 3. The van der Waals surface area contributed by atoms with Crippen molar-refractivity contribution < 1.29 is 9.59 Å². The van der Waals surface area contributed by atoms with Gasteiger partial charge < -0.3 is 15.5 Å². The minimum absolute atomic E-state index is 0.0806. The van der Waals surface area contributed by atoms with Crippen molar-refractivity contribution in [1.82, 2.24) is 25.3 Å². The van der Waals surface area contributed by atoms with Crippen LogP contribution in [-0.4, -0.2) is 51.8 Å². The fraction of sp³-hybridized carbons (Fsp3) is 0.560. The fourth-order valence-electron chi connectivity index (χ4n) is 4.81. The zero-order chi connectivity index (χ0) is 23.4. The molecule has 2 aromatic rings. The van der Waals surface area contributed by atoms with Crippen LogP contribution < -0.4 is 10.6 Å². The summed E-state index contributed by atoms with van der Waals surface area (Å²) in [6, 6.07) is 8.50. The Balaban J connectivity index is 1.31. The number of rotatable bonds is 5. The van der Waals surface area contributed by atoms with Crippen molar-refractivity contribution in [3.8, 4) is 0 Å². The Labute approximate surface area is 200 Å². The topological polar surface area (TPSA) is 79.3 Å². The summed E-state index contributed by atoms with van der Waals surface area (Å²) in [5.74, 6) is -0.0854. The number of benzene rings is 1. The van der Waals surface area contributed by atoms with Crippen molar-refractivity contribution in [2.24, 2.45) is 0 Å². The summed E-state index contributed by atoms with van der Waals surface area (Å²) in [4.78, 5) is 27.4. The number of urea groups is 1. The predicted octanol–water partition coefficient (Wildman–Crippen LogP) is 4.44. The van der Waals surface area contributed by atoms with E-state index in [-0.39, 0.29) is 18.0 Å². The first-order chi connectivity index (χ1) is 15.9. The molecule has 1 aliphatic carbocycles. The summed E-state index contributed by atoms with van der Waals surface area (Å²) in [5.41, 5.74) is 3.40. The molecule has 2 N–H and O–H groups in total. The second-order valence-corrected chi connectivity index (χ2v) is 9.77. The molecule has 3 amide bonds. The second-order valence-electron chi connectivity index (χ2n) is 9.41. The van der Waals surface area contributed by atoms with Gasteiger partial charge in [-0.25, -0.2) is 9.48 Å². The summed E-state index contributed by atoms with van der Waals surface area (Å²) in [7, 11) is 0. The molecule has 8 heteroatoms. The van der Waals surface area contributed by atoms with Crippen LogP contribution in [0.25, 0.3) is 0 Å². The summed E-state index contributed by atoms with van der Waals surface area (Å²) < 4.78 is 1.69. The van der Waals surface area contributed by atoms with Gasteiger partial charge in [0.05, 0.1) is 17.8 Å². The standard InChI is InChI=1S/C25H34ClN5O2/c1-17-8-10-19(11-9-17)16-31-23(26)22(18(2)29-31)24(32)30-14-12-21(13-15-30)28-25(33)27-20-6-4-3-5-7-20/h8-11,20-21H,3-7,12-16H2,1-2H3,(H2,27,28,33). The van der Waals surface area contributed by atoms with Crippen LogP contribution >= 0.6 is 11.6 Å². The molecule has 1 aromatic carbocycles. The SMILES string of the molecule is Cc1ccc(Cn2nc(C)c(C(=O)N3CCC(NC(=O)NC4CCCCC4)CC3)c2Cl)cc1. The molecule has 7 nitrogen and oxygen atoms in total. The van der Waals surface area contributed by atoms with Gasteiger partial charge in [0.25, 0.3) is 5.91 Å². The molecule has 1 aromatic heterocycles. The summed E-state index contributed by atoms with van der Waals surface area (Å²) >= 11 is 6.60. The summed E-state index contributed by atoms with van der Waals surface area (Å²) in [6.45, 7) is 5.58. The number of halogens is 1. The van der Waals surface area contributed by atoms with E-state index < -0.39 is 0 Å². The number of hydrogen-bond donors (Lipinski definition) is 2. The van der Waals surface area contributed by atoms with Gasteiger partial charge in [-0.1, -0.05) is 60.7 Å². The van der Waals surface area contributed by atoms with Gasteiger partial charge in [-0.3, -0.25) is 4.79 Å². The Morgan fingerprint density at radius 3 is 2.21 bits per heavy atom. The number of carbonyl (C=O) groups excluding carboxylic acids is 2. The number of amides is 3. The first kappa shape index (κ1) is 23.6. The minimum Gasteiger partial charge on any atom is -0.338 e. The molecule has 0 unspecified atom stereocenters.